The molecule has 0 unspecified atom stereocenters. The molecule has 1 nitrogen and oxygen atoms in total. The maximum Gasteiger partial charge on any atom is 0.0491 e. The van der Waals surface area contributed by atoms with E-state index in [9.17, 15) is 0 Å². The predicted octanol–water partition coefficient (Wildman–Crippen LogP) is 6.15. The summed E-state index contributed by atoms with van der Waals surface area (Å²) in [5.74, 6) is 0. The highest BCUT2D eigenvalue weighted by atomic mass is 79.9. The monoisotopic (exact) mass is 321 g/mol. The average molecular weight is 322 g/mol. The Morgan fingerprint density at radius 3 is 2.47 bits per heavy atom. The minimum Gasteiger partial charge on any atom is -0.347 e. The van der Waals surface area contributed by atoms with E-state index in [-0.39, 0.29) is 0 Å². The zero-order valence-electron chi connectivity index (χ0n) is 11.9. The zero-order valence-corrected chi connectivity index (χ0v) is 13.5. The molecule has 0 bridgehead atoms. The van der Waals surface area contributed by atoms with Gasteiger partial charge < -0.3 is 4.57 Å². The fourth-order valence-corrected chi connectivity index (χ4v) is 3.11. The fraction of sp³-hybridized carbons (Fsp3) is 0.529. The van der Waals surface area contributed by atoms with Crippen LogP contribution in [0.4, 0.5) is 0 Å². The molecule has 1 heterocycles. The average Bonchev–Trinajstić information content (AvgIpc) is 2.83. The van der Waals surface area contributed by atoms with Crippen LogP contribution in [-0.4, -0.2) is 4.57 Å². The topological polar surface area (TPSA) is 4.93 Å². The quantitative estimate of drug-likeness (QED) is 0.513. The summed E-state index contributed by atoms with van der Waals surface area (Å²) in [4.78, 5) is 0. The van der Waals surface area contributed by atoms with Crippen LogP contribution < -0.4 is 0 Å². The van der Waals surface area contributed by atoms with Crippen LogP contribution in [0, 0.1) is 0 Å². The standard InChI is InChI=1S/C17H24BrN/c1-2-3-4-5-6-7-8-13-19-14-12-15-16(18)10-9-11-17(15)19/h9-12,14H,2-8,13H2,1H3. The van der Waals surface area contributed by atoms with Gasteiger partial charge in [0.25, 0.3) is 0 Å². The Balaban J connectivity index is 1.77. The molecule has 1 aromatic heterocycles. The fourth-order valence-electron chi connectivity index (χ4n) is 2.62. The van der Waals surface area contributed by atoms with Crippen LogP contribution in [-0.2, 0) is 6.54 Å². The number of halogens is 1. The van der Waals surface area contributed by atoms with E-state index in [1.54, 1.807) is 0 Å². The lowest BCUT2D eigenvalue weighted by Gasteiger charge is -2.06. The van der Waals surface area contributed by atoms with Crippen molar-refractivity contribution in [1.82, 2.24) is 4.57 Å². The molecule has 0 amide bonds. The van der Waals surface area contributed by atoms with Crippen LogP contribution in [0.15, 0.2) is 34.9 Å². The Bertz CT molecular complexity index is 501. The molecule has 104 valence electrons. The van der Waals surface area contributed by atoms with Crippen LogP contribution in [0.3, 0.4) is 0 Å². The smallest absolute Gasteiger partial charge is 0.0491 e. The maximum absolute atomic E-state index is 3.61. The van der Waals surface area contributed by atoms with Gasteiger partial charge in [-0.1, -0.05) is 67.4 Å². The van der Waals surface area contributed by atoms with Crippen molar-refractivity contribution in [3.8, 4) is 0 Å². The molecule has 19 heavy (non-hydrogen) atoms. The third-order valence-corrected chi connectivity index (χ3v) is 4.45. The predicted molar refractivity (Wildman–Crippen MR) is 87.6 cm³/mol. The van der Waals surface area contributed by atoms with Crippen molar-refractivity contribution in [3.63, 3.8) is 0 Å². The van der Waals surface area contributed by atoms with Crippen molar-refractivity contribution < 1.29 is 0 Å². The van der Waals surface area contributed by atoms with E-state index >= 15 is 0 Å². The van der Waals surface area contributed by atoms with Gasteiger partial charge in [-0.25, -0.2) is 0 Å². The van der Waals surface area contributed by atoms with Crippen LogP contribution in [0.2, 0.25) is 0 Å². The molecule has 0 aliphatic heterocycles. The molecule has 0 radical (unpaired) electrons. The summed E-state index contributed by atoms with van der Waals surface area (Å²) in [6, 6.07) is 8.65. The maximum atomic E-state index is 3.61. The second-order valence-corrected chi connectivity index (χ2v) is 6.16. The van der Waals surface area contributed by atoms with E-state index in [4.69, 9.17) is 0 Å². The number of benzene rings is 1. The molecule has 1 aromatic carbocycles. The minimum atomic E-state index is 1.15. The van der Waals surface area contributed by atoms with Gasteiger partial charge >= 0.3 is 0 Å². The first kappa shape index (κ1) is 14.6. The highest BCUT2D eigenvalue weighted by Crippen LogP contribution is 2.25. The number of hydrogen-bond donors (Lipinski definition) is 0. The Morgan fingerprint density at radius 2 is 1.68 bits per heavy atom. The summed E-state index contributed by atoms with van der Waals surface area (Å²) in [5, 5.41) is 1.32. The van der Waals surface area contributed by atoms with Crippen molar-refractivity contribution in [2.75, 3.05) is 0 Å². The number of aryl methyl sites for hydroxylation is 1. The highest BCUT2D eigenvalue weighted by Gasteiger charge is 2.03. The van der Waals surface area contributed by atoms with Gasteiger partial charge in [0.15, 0.2) is 0 Å². The third kappa shape index (κ3) is 4.10. The van der Waals surface area contributed by atoms with Crippen molar-refractivity contribution in [3.05, 3.63) is 34.9 Å². The summed E-state index contributed by atoms with van der Waals surface area (Å²) >= 11 is 3.61. The largest absolute Gasteiger partial charge is 0.347 e. The lowest BCUT2D eigenvalue weighted by Crippen LogP contribution is -1.95. The molecule has 0 saturated carbocycles. The molecule has 0 saturated heterocycles. The van der Waals surface area contributed by atoms with Gasteiger partial charge in [-0.3, -0.25) is 0 Å². The summed E-state index contributed by atoms with van der Waals surface area (Å²) in [7, 11) is 0. The van der Waals surface area contributed by atoms with Gasteiger partial charge in [0.2, 0.25) is 0 Å². The van der Waals surface area contributed by atoms with Gasteiger partial charge in [0.1, 0.15) is 0 Å². The van der Waals surface area contributed by atoms with Crippen molar-refractivity contribution in [1.29, 1.82) is 0 Å². The number of hydrogen-bond acceptors (Lipinski definition) is 0. The number of fused-ring (bicyclic) bond motifs is 1. The Hall–Kier alpha value is -0.760. The molecule has 0 N–H and O–H groups in total. The van der Waals surface area contributed by atoms with E-state index in [0.29, 0.717) is 0 Å². The molecule has 0 aliphatic carbocycles. The Labute approximate surface area is 125 Å². The van der Waals surface area contributed by atoms with Gasteiger partial charge in [-0.15, -0.1) is 0 Å². The molecular weight excluding hydrogens is 298 g/mol. The summed E-state index contributed by atoms with van der Waals surface area (Å²) in [5.41, 5.74) is 1.35. The van der Waals surface area contributed by atoms with Crippen LogP contribution in [0.1, 0.15) is 51.9 Å². The Kier molecular flexibility index (Phi) is 5.96. The number of rotatable bonds is 8. The summed E-state index contributed by atoms with van der Waals surface area (Å²) < 4.78 is 3.58. The molecule has 2 heteroatoms. The minimum absolute atomic E-state index is 1.15. The zero-order chi connectivity index (χ0) is 13.5. The normalized spacial score (nSPS) is 11.3. The van der Waals surface area contributed by atoms with Gasteiger partial charge in [-0.2, -0.15) is 0 Å². The van der Waals surface area contributed by atoms with E-state index < -0.39 is 0 Å². The molecule has 2 rings (SSSR count). The van der Waals surface area contributed by atoms with E-state index in [0.717, 1.165) is 6.54 Å². The van der Waals surface area contributed by atoms with Gasteiger partial charge in [0, 0.05) is 28.1 Å². The van der Waals surface area contributed by atoms with Crippen molar-refractivity contribution in [2.24, 2.45) is 0 Å². The van der Waals surface area contributed by atoms with Crippen LogP contribution in [0.5, 0.6) is 0 Å². The lowest BCUT2D eigenvalue weighted by atomic mass is 10.1. The van der Waals surface area contributed by atoms with E-state index in [1.165, 1.54) is 60.3 Å². The molecule has 0 aliphatic rings. The first-order chi connectivity index (χ1) is 9.33. The van der Waals surface area contributed by atoms with Crippen LogP contribution in [0.25, 0.3) is 10.9 Å². The highest BCUT2D eigenvalue weighted by molar-refractivity contribution is 9.10. The number of nitrogens with zero attached hydrogens (tertiary/aromatic N) is 1. The van der Waals surface area contributed by atoms with Gasteiger partial charge in [-0.05, 0) is 24.6 Å². The van der Waals surface area contributed by atoms with E-state index in [2.05, 4.69) is 57.9 Å². The number of unbranched alkanes of at least 4 members (excludes halogenated alkanes) is 6. The third-order valence-electron chi connectivity index (χ3n) is 3.76. The second-order valence-electron chi connectivity index (χ2n) is 5.30. The van der Waals surface area contributed by atoms with Crippen molar-refractivity contribution in [2.45, 2.75) is 58.4 Å². The first-order valence-corrected chi connectivity index (χ1v) is 8.35. The first-order valence-electron chi connectivity index (χ1n) is 7.56. The summed E-state index contributed by atoms with van der Waals surface area (Å²) in [6.07, 6.45) is 11.8. The molecular formula is C17H24BrN. The summed E-state index contributed by atoms with van der Waals surface area (Å²) in [6.45, 7) is 3.42. The van der Waals surface area contributed by atoms with Gasteiger partial charge in [0.05, 0.1) is 0 Å². The SMILES string of the molecule is CCCCCCCCCn1ccc2c(Br)cccc21. The lowest BCUT2D eigenvalue weighted by molar-refractivity contribution is 0.556. The molecule has 0 spiro atoms. The molecule has 0 fully saturated rings. The molecule has 0 atom stereocenters. The number of aromatic nitrogens is 1. The van der Waals surface area contributed by atoms with Crippen molar-refractivity contribution >= 4 is 26.8 Å². The second kappa shape index (κ2) is 7.74. The molecule has 2 aromatic rings. The van der Waals surface area contributed by atoms with E-state index in [1.807, 2.05) is 0 Å². The Morgan fingerprint density at radius 1 is 0.947 bits per heavy atom. The van der Waals surface area contributed by atoms with Crippen LogP contribution >= 0.6 is 15.9 Å².